The van der Waals surface area contributed by atoms with Gasteiger partial charge in [-0.05, 0) is 25.0 Å². The first-order chi connectivity index (χ1) is 20.0. The molecule has 0 heterocycles. The summed E-state index contributed by atoms with van der Waals surface area (Å²) in [7, 11) is 0. The highest BCUT2D eigenvalue weighted by atomic mass is 16.7. The van der Waals surface area contributed by atoms with E-state index < -0.39 is 18.2 Å². The van der Waals surface area contributed by atoms with E-state index in [1.54, 1.807) is 0 Å². The highest BCUT2D eigenvalue weighted by molar-refractivity contribution is 5.99. The number of benzene rings is 1. The van der Waals surface area contributed by atoms with Gasteiger partial charge < -0.3 is 19.3 Å². The lowest BCUT2D eigenvalue weighted by atomic mass is 10.1. The molecule has 0 fully saturated rings. The summed E-state index contributed by atoms with van der Waals surface area (Å²) in [6.45, 7) is 4.96. The first-order valence-corrected chi connectivity index (χ1v) is 16.1. The Kier molecular flexibility index (Phi) is 22.1. The molecule has 1 amide bonds. The number of nitrogens with one attached hydrogen (secondary N) is 1. The summed E-state index contributed by atoms with van der Waals surface area (Å²) in [5, 5.41) is 11.9. The molecule has 234 valence electrons. The number of aromatic carboxylic acids is 1. The molecule has 0 aromatic heterocycles. The number of amides is 1. The monoisotopic (exact) mass is 577 g/mol. The van der Waals surface area contributed by atoms with Crippen molar-refractivity contribution in [1.82, 2.24) is 0 Å². The summed E-state index contributed by atoms with van der Waals surface area (Å²) in [5.41, 5.74) is -0.141. The number of hydrogen-bond acceptors (Lipinski definition) is 6. The van der Waals surface area contributed by atoms with E-state index in [1.807, 2.05) is 0 Å². The zero-order valence-corrected chi connectivity index (χ0v) is 25.7. The number of carboxylic acids is 1. The Balaban J connectivity index is 2.27. The third-order valence-corrected chi connectivity index (χ3v) is 7.11. The molecule has 0 atom stereocenters. The molecule has 0 aliphatic heterocycles. The van der Waals surface area contributed by atoms with Crippen LogP contribution in [-0.2, 0) is 9.47 Å². The quantitative estimate of drug-likeness (QED) is 0.0675. The number of carbonyl (C=O) groups is 3. The first kappa shape index (κ1) is 36.3. The Morgan fingerprint density at radius 1 is 0.634 bits per heavy atom. The predicted octanol–water partition coefficient (Wildman–Crippen LogP) is 10.3. The minimum atomic E-state index is -1.22. The van der Waals surface area contributed by atoms with E-state index in [1.165, 1.54) is 108 Å². The maximum Gasteiger partial charge on any atom is 0.513 e. The highest BCUT2D eigenvalue weighted by Crippen LogP contribution is 2.24. The van der Waals surface area contributed by atoms with Crippen LogP contribution in [0.5, 0.6) is 5.75 Å². The molecule has 8 nitrogen and oxygen atoms in total. The van der Waals surface area contributed by atoms with Crippen molar-refractivity contribution in [2.75, 3.05) is 18.5 Å². The Labute approximate surface area is 247 Å². The molecule has 0 saturated carbocycles. The average Bonchev–Trinajstić information content (AvgIpc) is 2.94. The number of ether oxygens (including phenoxy) is 3. The minimum absolute atomic E-state index is 0.00873. The Bertz CT molecular complexity index is 843. The van der Waals surface area contributed by atoms with Crippen LogP contribution in [-0.4, -0.2) is 36.5 Å². The van der Waals surface area contributed by atoms with E-state index >= 15 is 0 Å². The van der Waals surface area contributed by atoms with Gasteiger partial charge in [0.2, 0.25) is 0 Å². The van der Waals surface area contributed by atoms with Crippen LogP contribution < -0.4 is 10.1 Å². The molecule has 0 saturated heterocycles. The molecule has 0 bridgehead atoms. The van der Waals surface area contributed by atoms with Crippen molar-refractivity contribution in [3.05, 3.63) is 23.8 Å². The standard InChI is InChI=1S/C33H55NO7/c1-3-5-7-9-11-13-15-17-19-21-25-39-32(37)34-30-27-28(23-24-29(30)31(35)36)41-33(38)40-26-22-20-18-16-14-12-10-8-6-4-2/h23-24,27H,3-22,25-26H2,1-2H3,(H,34,37)(H,35,36). The van der Waals surface area contributed by atoms with Crippen molar-refractivity contribution in [2.45, 2.75) is 142 Å². The van der Waals surface area contributed by atoms with Gasteiger partial charge in [0.15, 0.2) is 0 Å². The molecule has 0 aliphatic carbocycles. The molecule has 0 spiro atoms. The van der Waals surface area contributed by atoms with Crippen LogP contribution in [0.25, 0.3) is 0 Å². The second kappa shape index (κ2) is 25.0. The zero-order valence-electron chi connectivity index (χ0n) is 25.7. The smallest absolute Gasteiger partial charge is 0.478 e. The van der Waals surface area contributed by atoms with Gasteiger partial charge in [0.25, 0.3) is 0 Å². The van der Waals surface area contributed by atoms with Crippen LogP contribution in [0.15, 0.2) is 18.2 Å². The third kappa shape index (κ3) is 19.9. The van der Waals surface area contributed by atoms with Crippen LogP contribution in [0.1, 0.15) is 153 Å². The number of rotatable bonds is 25. The molecule has 41 heavy (non-hydrogen) atoms. The molecule has 1 rings (SSSR count). The molecule has 1 aromatic rings. The zero-order chi connectivity index (χ0) is 30.0. The molecule has 2 N–H and O–H groups in total. The van der Waals surface area contributed by atoms with Crippen molar-refractivity contribution in [3.8, 4) is 5.75 Å². The number of unbranched alkanes of at least 4 members (excludes halogenated alkanes) is 18. The van der Waals surface area contributed by atoms with Crippen molar-refractivity contribution in [2.24, 2.45) is 0 Å². The second-order valence-electron chi connectivity index (χ2n) is 10.8. The van der Waals surface area contributed by atoms with E-state index in [9.17, 15) is 19.5 Å². The maximum atomic E-state index is 12.3. The van der Waals surface area contributed by atoms with Gasteiger partial charge in [-0.1, -0.05) is 129 Å². The summed E-state index contributed by atoms with van der Waals surface area (Å²) in [6.07, 6.45) is 22.0. The Morgan fingerprint density at radius 2 is 1.07 bits per heavy atom. The van der Waals surface area contributed by atoms with Crippen LogP contribution in [0.3, 0.4) is 0 Å². The molecule has 8 heteroatoms. The molecule has 0 unspecified atom stereocenters. The van der Waals surface area contributed by atoms with Crippen molar-refractivity contribution < 1.29 is 33.7 Å². The van der Waals surface area contributed by atoms with Gasteiger partial charge in [0, 0.05) is 6.07 Å². The van der Waals surface area contributed by atoms with E-state index in [2.05, 4.69) is 19.2 Å². The van der Waals surface area contributed by atoms with Gasteiger partial charge in [-0.15, -0.1) is 0 Å². The summed E-state index contributed by atoms with van der Waals surface area (Å²) >= 11 is 0. The minimum Gasteiger partial charge on any atom is -0.478 e. The van der Waals surface area contributed by atoms with Gasteiger partial charge in [-0.25, -0.2) is 14.4 Å². The van der Waals surface area contributed by atoms with Crippen molar-refractivity contribution in [3.63, 3.8) is 0 Å². The fourth-order valence-corrected chi connectivity index (χ4v) is 4.65. The molecular weight excluding hydrogens is 522 g/mol. The fourth-order valence-electron chi connectivity index (χ4n) is 4.65. The number of anilines is 1. The summed E-state index contributed by atoms with van der Waals surface area (Å²) in [5.74, 6) is -1.14. The normalized spacial score (nSPS) is 10.8. The topological polar surface area (TPSA) is 111 Å². The van der Waals surface area contributed by atoms with Crippen LogP contribution in [0.4, 0.5) is 15.3 Å². The van der Waals surface area contributed by atoms with Crippen LogP contribution >= 0.6 is 0 Å². The van der Waals surface area contributed by atoms with Gasteiger partial charge in [-0.2, -0.15) is 0 Å². The second-order valence-corrected chi connectivity index (χ2v) is 10.8. The highest BCUT2D eigenvalue weighted by Gasteiger charge is 2.16. The summed E-state index contributed by atoms with van der Waals surface area (Å²) < 4.78 is 15.6. The lowest BCUT2D eigenvalue weighted by molar-refractivity contribution is 0.0698. The predicted molar refractivity (Wildman–Crippen MR) is 164 cm³/mol. The molecule has 0 radical (unpaired) electrons. The largest absolute Gasteiger partial charge is 0.513 e. The molecule has 1 aromatic carbocycles. The third-order valence-electron chi connectivity index (χ3n) is 7.11. The van der Waals surface area contributed by atoms with Gasteiger partial charge in [0.1, 0.15) is 5.75 Å². The van der Waals surface area contributed by atoms with Gasteiger partial charge in [-0.3, -0.25) is 5.32 Å². The number of carbonyl (C=O) groups excluding carboxylic acids is 2. The SMILES string of the molecule is CCCCCCCCCCCCOC(=O)Nc1cc(OC(=O)OCCCCCCCCCCCC)ccc1C(=O)O. The van der Waals surface area contributed by atoms with E-state index in [0.29, 0.717) is 0 Å². The number of carboxylic acid groups (broad SMARTS) is 1. The number of hydrogen-bond donors (Lipinski definition) is 2. The lowest BCUT2D eigenvalue weighted by Gasteiger charge is -2.12. The van der Waals surface area contributed by atoms with E-state index in [4.69, 9.17) is 14.2 Å². The van der Waals surface area contributed by atoms with Gasteiger partial charge >= 0.3 is 18.2 Å². The van der Waals surface area contributed by atoms with Gasteiger partial charge in [0.05, 0.1) is 24.5 Å². The lowest BCUT2D eigenvalue weighted by Crippen LogP contribution is -2.17. The van der Waals surface area contributed by atoms with Crippen molar-refractivity contribution >= 4 is 23.9 Å². The fraction of sp³-hybridized carbons (Fsp3) is 0.727. The maximum absolute atomic E-state index is 12.3. The van der Waals surface area contributed by atoms with Crippen LogP contribution in [0.2, 0.25) is 0 Å². The molecular formula is C33H55NO7. The average molecular weight is 578 g/mol. The van der Waals surface area contributed by atoms with E-state index in [-0.39, 0.29) is 30.2 Å². The summed E-state index contributed by atoms with van der Waals surface area (Å²) in [6, 6.07) is 3.91. The Hall–Kier alpha value is -2.77. The van der Waals surface area contributed by atoms with Crippen LogP contribution in [0, 0.1) is 0 Å². The van der Waals surface area contributed by atoms with E-state index in [0.717, 1.165) is 38.5 Å². The molecule has 0 aliphatic rings. The summed E-state index contributed by atoms with van der Waals surface area (Å²) in [4.78, 5) is 35.9. The van der Waals surface area contributed by atoms with Crippen molar-refractivity contribution in [1.29, 1.82) is 0 Å². The first-order valence-electron chi connectivity index (χ1n) is 16.1. The Morgan fingerprint density at radius 3 is 1.54 bits per heavy atom.